The minimum absolute atomic E-state index is 0.414. The molecule has 19 heavy (non-hydrogen) atoms. The summed E-state index contributed by atoms with van der Waals surface area (Å²) in [7, 11) is 0. The summed E-state index contributed by atoms with van der Waals surface area (Å²) in [5.41, 5.74) is 1.76. The second-order valence-corrected chi connectivity index (χ2v) is 7.62. The zero-order valence-corrected chi connectivity index (χ0v) is 13.4. The highest BCUT2D eigenvalue weighted by Gasteiger charge is 2.49. The first kappa shape index (κ1) is 13.3. The van der Waals surface area contributed by atoms with Gasteiger partial charge in [0, 0.05) is 10.7 Å². The molecule has 1 aliphatic heterocycles. The van der Waals surface area contributed by atoms with Crippen LogP contribution in [0.5, 0.6) is 11.5 Å². The van der Waals surface area contributed by atoms with Crippen LogP contribution in [0.15, 0.2) is 18.2 Å². The predicted molar refractivity (Wildman–Crippen MR) is 80.2 cm³/mol. The van der Waals surface area contributed by atoms with Gasteiger partial charge in [-0.1, -0.05) is 42.8 Å². The number of fused-ring (bicyclic) bond motifs is 1. The van der Waals surface area contributed by atoms with Crippen LogP contribution >= 0.6 is 15.9 Å². The molecule has 1 heterocycles. The highest BCUT2D eigenvalue weighted by molar-refractivity contribution is 9.09. The van der Waals surface area contributed by atoms with Crippen LogP contribution in [0.25, 0.3) is 0 Å². The zero-order chi connectivity index (χ0) is 13.6. The first-order chi connectivity index (χ1) is 8.97. The molecule has 1 fully saturated rings. The summed E-state index contributed by atoms with van der Waals surface area (Å²) >= 11 is 3.85. The normalized spacial score (nSPS) is 29.5. The maximum Gasteiger partial charge on any atom is 0.161 e. The van der Waals surface area contributed by atoms with Crippen molar-refractivity contribution in [3.8, 4) is 11.5 Å². The topological polar surface area (TPSA) is 18.5 Å². The van der Waals surface area contributed by atoms with Crippen LogP contribution in [0.3, 0.4) is 0 Å². The Bertz CT molecular complexity index is 484. The summed E-state index contributed by atoms with van der Waals surface area (Å²) in [6.45, 7) is 8.28. The van der Waals surface area contributed by atoms with Crippen molar-refractivity contribution in [2.75, 3.05) is 13.2 Å². The smallest absolute Gasteiger partial charge is 0.161 e. The molecule has 3 atom stereocenters. The molecule has 0 aromatic heterocycles. The largest absolute Gasteiger partial charge is 0.489 e. The predicted octanol–water partition coefficient (Wildman–Crippen LogP) is 4.58. The molecule has 3 unspecified atom stereocenters. The Morgan fingerprint density at radius 2 is 1.84 bits per heavy atom. The molecule has 0 N–H and O–H groups in total. The van der Waals surface area contributed by atoms with Crippen LogP contribution < -0.4 is 9.47 Å². The van der Waals surface area contributed by atoms with E-state index in [9.17, 15) is 0 Å². The van der Waals surface area contributed by atoms with Gasteiger partial charge >= 0.3 is 0 Å². The third kappa shape index (κ3) is 2.62. The highest BCUT2D eigenvalue weighted by atomic mass is 79.9. The first-order valence-corrected chi connectivity index (χ1v) is 7.92. The molecule has 1 aliphatic carbocycles. The minimum atomic E-state index is 0.414. The Morgan fingerprint density at radius 1 is 1.21 bits per heavy atom. The zero-order valence-electron chi connectivity index (χ0n) is 11.8. The number of rotatable bonds is 2. The molecule has 0 saturated heterocycles. The van der Waals surface area contributed by atoms with Crippen molar-refractivity contribution >= 4 is 15.9 Å². The molecule has 0 radical (unpaired) electrons. The SMILES string of the molecule is CC1COc2ccc(C(Br)C3CC3(C)C)cc2OC1. The van der Waals surface area contributed by atoms with Crippen LogP contribution in [0.1, 0.15) is 37.6 Å². The van der Waals surface area contributed by atoms with Gasteiger partial charge < -0.3 is 9.47 Å². The molecule has 3 rings (SSSR count). The quantitative estimate of drug-likeness (QED) is 0.741. The summed E-state index contributed by atoms with van der Waals surface area (Å²) < 4.78 is 11.6. The lowest BCUT2D eigenvalue weighted by molar-refractivity contribution is 0.228. The van der Waals surface area contributed by atoms with E-state index in [1.54, 1.807) is 0 Å². The maximum atomic E-state index is 5.86. The van der Waals surface area contributed by atoms with Gasteiger partial charge in [0.25, 0.3) is 0 Å². The average Bonchev–Trinajstić information content (AvgIpc) is 3.06. The molecular weight excluding hydrogens is 304 g/mol. The van der Waals surface area contributed by atoms with E-state index in [1.165, 1.54) is 12.0 Å². The van der Waals surface area contributed by atoms with E-state index < -0.39 is 0 Å². The van der Waals surface area contributed by atoms with E-state index in [1.807, 2.05) is 6.07 Å². The lowest BCUT2D eigenvalue weighted by Crippen LogP contribution is -2.12. The summed E-state index contributed by atoms with van der Waals surface area (Å²) in [5, 5.41) is 0. The van der Waals surface area contributed by atoms with E-state index in [0.717, 1.165) is 30.6 Å². The Labute approximate surface area is 123 Å². The van der Waals surface area contributed by atoms with Crippen molar-refractivity contribution < 1.29 is 9.47 Å². The lowest BCUT2D eigenvalue weighted by Gasteiger charge is -2.15. The van der Waals surface area contributed by atoms with Crippen molar-refractivity contribution in [2.24, 2.45) is 17.3 Å². The van der Waals surface area contributed by atoms with Crippen LogP contribution in [0.2, 0.25) is 0 Å². The van der Waals surface area contributed by atoms with Gasteiger partial charge in [0.1, 0.15) is 0 Å². The number of benzene rings is 1. The first-order valence-electron chi connectivity index (χ1n) is 7.01. The Kier molecular flexibility index (Phi) is 3.28. The summed E-state index contributed by atoms with van der Waals surface area (Å²) in [4.78, 5) is 0.414. The summed E-state index contributed by atoms with van der Waals surface area (Å²) in [6, 6.07) is 6.35. The van der Waals surface area contributed by atoms with E-state index >= 15 is 0 Å². The Balaban J connectivity index is 1.82. The summed E-state index contributed by atoms with van der Waals surface area (Å²) in [6.07, 6.45) is 1.29. The van der Waals surface area contributed by atoms with Gasteiger partial charge in [-0.05, 0) is 35.4 Å². The van der Waals surface area contributed by atoms with E-state index in [2.05, 4.69) is 48.8 Å². The molecule has 1 aromatic carbocycles. The van der Waals surface area contributed by atoms with Crippen molar-refractivity contribution in [1.29, 1.82) is 0 Å². The van der Waals surface area contributed by atoms with Crippen LogP contribution in [-0.4, -0.2) is 13.2 Å². The third-order valence-electron chi connectivity index (χ3n) is 4.28. The van der Waals surface area contributed by atoms with Crippen molar-refractivity contribution in [3.05, 3.63) is 23.8 Å². The monoisotopic (exact) mass is 324 g/mol. The molecule has 0 bridgehead atoms. The molecule has 2 aliphatic rings. The second-order valence-electron chi connectivity index (χ2n) is 6.63. The van der Waals surface area contributed by atoms with Gasteiger partial charge in [0.15, 0.2) is 11.5 Å². The van der Waals surface area contributed by atoms with Gasteiger partial charge in [-0.2, -0.15) is 0 Å². The molecule has 0 spiro atoms. The molecule has 0 amide bonds. The van der Waals surface area contributed by atoms with Crippen molar-refractivity contribution in [2.45, 2.75) is 32.0 Å². The van der Waals surface area contributed by atoms with E-state index in [4.69, 9.17) is 9.47 Å². The number of hydrogen-bond donors (Lipinski definition) is 0. The van der Waals surface area contributed by atoms with Crippen LogP contribution in [0, 0.1) is 17.3 Å². The molecule has 2 nitrogen and oxygen atoms in total. The lowest BCUT2D eigenvalue weighted by atomic mass is 10.0. The molecular formula is C16H21BrO2. The molecule has 1 aromatic rings. The standard InChI is InChI=1S/C16H21BrO2/c1-10-8-18-13-5-4-11(6-14(13)19-9-10)15(17)12-7-16(12,2)3/h4-6,10,12,15H,7-9H2,1-3H3. The van der Waals surface area contributed by atoms with Gasteiger partial charge in [-0.25, -0.2) is 0 Å². The number of hydrogen-bond acceptors (Lipinski definition) is 2. The van der Waals surface area contributed by atoms with Crippen molar-refractivity contribution in [1.82, 2.24) is 0 Å². The van der Waals surface area contributed by atoms with Gasteiger partial charge in [0.05, 0.1) is 13.2 Å². The third-order valence-corrected chi connectivity index (χ3v) is 5.44. The van der Waals surface area contributed by atoms with E-state index in [0.29, 0.717) is 16.2 Å². The maximum absolute atomic E-state index is 5.86. The Hall–Kier alpha value is -0.700. The highest BCUT2D eigenvalue weighted by Crippen LogP contribution is 2.60. The van der Waals surface area contributed by atoms with Gasteiger partial charge in [-0.3, -0.25) is 0 Å². The number of alkyl halides is 1. The Morgan fingerprint density at radius 3 is 2.47 bits per heavy atom. The molecule has 104 valence electrons. The number of ether oxygens (including phenoxy) is 2. The fourth-order valence-electron chi connectivity index (χ4n) is 2.68. The second kappa shape index (κ2) is 4.69. The average molecular weight is 325 g/mol. The minimum Gasteiger partial charge on any atom is -0.489 e. The van der Waals surface area contributed by atoms with Crippen molar-refractivity contribution in [3.63, 3.8) is 0 Å². The number of halogens is 1. The molecule has 1 saturated carbocycles. The van der Waals surface area contributed by atoms with Gasteiger partial charge in [0.2, 0.25) is 0 Å². The fraction of sp³-hybridized carbons (Fsp3) is 0.625. The van der Waals surface area contributed by atoms with E-state index in [-0.39, 0.29) is 0 Å². The summed E-state index contributed by atoms with van der Waals surface area (Å²) in [5.74, 6) is 2.93. The van der Waals surface area contributed by atoms with Crippen LogP contribution in [0.4, 0.5) is 0 Å². The fourth-order valence-corrected chi connectivity index (χ4v) is 3.87. The van der Waals surface area contributed by atoms with Gasteiger partial charge in [-0.15, -0.1) is 0 Å². The van der Waals surface area contributed by atoms with Crippen LogP contribution in [-0.2, 0) is 0 Å². The molecule has 3 heteroatoms.